The number of hydrazine groups is 1. The first-order valence-electron chi connectivity index (χ1n) is 3.31. The second-order valence-corrected chi connectivity index (χ2v) is 2.42. The van der Waals surface area contributed by atoms with Crippen molar-refractivity contribution >= 4 is 0 Å². The molecule has 0 saturated carbocycles. The van der Waals surface area contributed by atoms with Gasteiger partial charge in [0.15, 0.2) is 0 Å². The maximum Gasteiger partial charge on any atom is 0.0526 e. The molecule has 0 amide bonds. The van der Waals surface area contributed by atoms with Gasteiger partial charge < -0.3 is 5.43 Å². The number of hydrogen-bond acceptors (Lipinski definition) is 2. The molecule has 1 N–H and O–H groups in total. The first-order chi connectivity index (χ1) is 4.47. The molecule has 2 aliphatic heterocycles. The van der Waals surface area contributed by atoms with E-state index in [2.05, 4.69) is 28.7 Å². The highest BCUT2D eigenvalue weighted by Crippen LogP contribution is 2.13. The van der Waals surface area contributed by atoms with Gasteiger partial charge in [0.2, 0.25) is 0 Å². The molecule has 2 heterocycles. The summed E-state index contributed by atoms with van der Waals surface area (Å²) in [6.45, 7) is 1.04. The molecular weight excluding hydrogens is 112 g/mol. The van der Waals surface area contributed by atoms with Gasteiger partial charge in [-0.1, -0.05) is 12.2 Å². The first kappa shape index (κ1) is 5.06. The van der Waals surface area contributed by atoms with Gasteiger partial charge in [0, 0.05) is 12.7 Å². The van der Waals surface area contributed by atoms with Gasteiger partial charge in [-0.25, -0.2) is 5.01 Å². The number of rotatable bonds is 0. The number of nitrogens with one attached hydrogen (secondary N) is 1. The molecule has 1 atom stereocenters. The van der Waals surface area contributed by atoms with Crippen molar-refractivity contribution in [3.8, 4) is 0 Å². The maximum atomic E-state index is 3.16. The van der Waals surface area contributed by atoms with E-state index in [0.29, 0.717) is 6.04 Å². The Bertz CT molecular complexity index is 160. The van der Waals surface area contributed by atoms with Gasteiger partial charge in [-0.3, -0.25) is 0 Å². The first-order valence-corrected chi connectivity index (χ1v) is 3.31. The molecule has 0 bridgehead atoms. The minimum atomic E-state index is 0.620. The van der Waals surface area contributed by atoms with Crippen LogP contribution in [0.5, 0.6) is 0 Å². The molecule has 0 radical (unpaired) electrons. The summed E-state index contributed by atoms with van der Waals surface area (Å²) < 4.78 is 0. The molecule has 2 aliphatic rings. The van der Waals surface area contributed by atoms with Crippen molar-refractivity contribution in [1.82, 2.24) is 10.4 Å². The summed E-state index contributed by atoms with van der Waals surface area (Å²) >= 11 is 0. The number of hydrogen-bond donors (Lipinski definition) is 1. The second kappa shape index (κ2) is 1.88. The minimum Gasteiger partial charge on any atom is -0.326 e. The Morgan fingerprint density at radius 2 is 2.44 bits per heavy atom. The van der Waals surface area contributed by atoms with Gasteiger partial charge in [-0.2, -0.15) is 0 Å². The lowest BCUT2D eigenvalue weighted by molar-refractivity contribution is 0.217. The minimum absolute atomic E-state index is 0.620. The van der Waals surface area contributed by atoms with Crippen molar-refractivity contribution in [2.75, 3.05) is 6.54 Å². The van der Waals surface area contributed by atoms with Crippen LogP contribution in [0.1, 0.15) is 6.42 Å². The summed E-state index contributed by atoms with van der Waals surface area (Å²) in [4.78, 5) is 0. The van der Waals surface area contributed by atoms with Crippen molar-refractivity contribution in [2.45, 2.75) is 12.5 Å². The standard InChI is InChI=1S/C7H10N2/c1-2-6-9-7(3-1)4-5-8-9/h1-2,4-5,7-8H,3,6H2. The van der Waals surface area contributed by atoms with E-state index in [9.17, 15) is 0 Å². The molecule has 0 aliphatic carbocycles. The highest BCUT2D eigenvalue weighted by atomic mass is 15.5. The molecule has 0 fully saturated rings. The molecule has 2 heteroatoms. The highest BCUT2D eigenvalue weighted by molar-refractivity contribution is 5.07. The number of nitrogens with zero attached hydrogens (tertiary/aromatic N) is 1. The SMILES string of the molecule is C1=CCN2NC=CC2C1. The Labute approximate surface area is 54.8 Å². The third-order valence-corrected chi connectivity index (χ3v) is 1.81. The summed E-state index contributed by atoms with van der Waals surface area (Å²) in [7, 11) is 0. The topological polar surface area (TPSA) is 15.3 Å². The fourth-order valence-corrected chi connectivity index (χ4v) is 1.27. The second-order valence-electron chi connectivity index (χ2n) is 2.42. The Hall–Kier alpha value is -0.760. The van der Waals surface area contributed by atoms with E-state index < -0.39 is 0 Å². The lowest BCUT2D eigenvalue weighted by atomic mass is 10.1. The van der Waals surface area contributed by atoms with E-state index in [1.165, 1.54) is 0 Å². The van der Waals surface area contributed by atoms with Crippen molar-refractivity contribution in [1.29, 1.82) is 0 Å². The Morgan fingerprint density at radius 3 is 3.33 bits per heavy atom. The van der Waals surface area contributed by atoms with Crippen LogP contribution >= 0.6 is 0 Å². The molecule has 1 unspecified atom stereocenters. The predicted molar refractivity (Wildman–Crippen MR) is 36.5 cm³/mol. The van der Waals surface area contributed by atoms with E-state index in [0.717, 1.165) is 13.0 Å². The van der Waals surface area contributed by atoms with Crippen LogP contribution in [-0.2, 0) is 0 Å². The average molecular weight is 122 g/mol. The van der Waals surface area contributed by atoms with Crippen LogP contribution in [0.2, 0.25) is 0 Å². The van der Waals surface area contributed by atoms with Crippen molar-refractivity contribution in [3.05, 3.63) is 24.4 Å². The molecule has 9 heavy (non-hydrogen) atoms. The van der Waals surface area contributed by atoms with Gasteiger partial charge in [-0.15, -0.1) is 0 Å². The highest BCUT2D eigenvalue weighted by Gasteiger charge is 2.18. The molecular formula is C7H10N2. The monoisotopic (exact) mass is 122 g/mol. The molecule has 2 rings (SSSR count). The molecule has 48 valence electrons. The Balaban J connectivity index is 2.13. The fraction of sp³-hybridized carbons (Fsp3) is 0.429. The van der Waals surface area contributed by atoms with Gasteiger partial charge in [0.25, 0.3) is 0 Å². The van der Waals surface area contributed by atoms with Crippen molar-refractivity contribution in [3.63, 3.8) is 0 Å². The fourth-order valence-electron chi connectivity index (χ4n) is 1.27. The lowest BCUT2D eigenvalue weighted by Crippen LogP contribution is -2.38. The zero-order valence-corrected chi connectivity index (χ0v) is 5.25. The quantitative estimate of drug-likeness (QED) is 0.474. The van der Waals surface area contributed by atoms with Gasteiger partial charge in [0.05, 0.1) is 6.04 Å². The smallest absolute Gasteiger partial charge is 0.0526 e. The molecule has 0 spiro atoms. The molecule has 2 nitrogen and oxygen atoms in total. The molecule has 0 aromatic heterocycles. The van der Waals surface area contributed by atoms with E-state index in [1.807, 2.05) is 6.20 Å². The Kier molecular flexibility index (Phi) is 1.06. The van der Waals surface area contributed by atoms with Gasteiger partial charge in [0.1, 0.15) is 0 Å². The third kappa shape index (κ3) is 0.754. The van der Waals surface area contributed by atoms with E-state index in [4.69, 9.17) is 0 Å². The third-order valence-electron chi connectivity index (χ3n) is 1.81. The van der Waals surface area contributed by atoms with Crippen LogP contribution in [0, 0.1) is 0 Å². The average Bonchev–Trinajstić information content (AvgIpc) is 2.33. The normalized spacial score (nSPS) is 32.2. The summed E-state index contributed by atoms with van der Waals surface area (Å²) in [6, 6.07) is 0.620. The maximum absolute atomic E-state index is 3.16. The van der Waals surface area contributed by atoms with Gasteiger partial charge >= 0.3 is 0 Å². The number of fused-ring (bicyclic) bond motifs is 1. The van der Waals surface area contributed by atoms with Crippen LogP contribution in [0.25, 0.3) is 0 Å². The van der Waals surface area contributed by atoms with Crippen LogP contribution in [0.4, 0.5) is 0 Å². The lowest BCUT2D eigenvalue weighted by Gasteiger charge is -2.24. The zero-order chi connectivity index (χ0) is 6.10. The molecule has 0 aromatic carbocycles. The molecule has 0 saturated heterocycles. The van der Waals surface area contributed by atoms with Gasteiger partial charge in [-0.05, 0) is 12.5 Å². The summed E-state index contributed by atoms with van der Waals surface area (Å²) in [5.41, 5.74) is 3.16. The van der Waals surface area contributed by atoms with Crippen molar-refractivity contribution in [2.24, 2.45) is 0 Å². The van der Waals surface area contributed by atoms with Crippen LogP contribution in [-0.4, -0.2) is 17.6 Å². The van der Waals surface area contributed by atoms with Crippen LogP contribution in [0.15, 0.2) is 24.4 Å². The van der Waals surface area contributed by atoms with Crippen LogP contribution in [0.3, 0.4) is 0 Å². The van der Waals surface area contributed by atoms with E-state index in [1.54, 1.807) is 0 Å². The predicted octanol–water partition coefficient (Wildman–Crippen LogP) is 0.649. The zero-order valence-electron chi connectivity index (χ0n) is 5.25. The Morgan fingerprint density at radius 1 is 1.44 bits per heavy atom. The summed E-state index contributed by atoms with van der Waals surface area (Å²) in [5, 5.41) is 2.22. The van der Waals surface area contributed by atoms with E-state index in [-0.39, 0.29) is 0 Å². The van der Waals surface area contributed by atoms with Crippen LogP contribution < -0.4 is 5.43 Å². The largest absolute Gasteiger partial charge is 0.326 e. The summed E-state index contributed by atoms with van der Waals surface area (Å²) in [5.74, 6) is 0. The van der Waals surface area contributed by atoms with Crippen molar-refractivity contribution < 1.29 is 0 Å². The summed E-state index contributed by atoms with van der Waals surface area (Å²) in [6.07, 6.45) is 9.79. The van der Waals surface area contributed by atoms with E-state index >= 15 is 0 Å². The molecule has 0 aromatic rings.